The number of carboxylic acid groups (broad SMARTS) is 4. The van der Waals surface area contributed by atoms with Gasteiger partial charge in [-0.15, -0.1) is 0 Å². The molecule has 0 aromatic carbocycles. The molecular weight excluding hydrogens is 247 g/mol. The Bertz CT molecular complexity index is 293. The standard InChI is InChI=1S/C8H10O8.Na.H/c9-5(10)1-3(7(13)14)4(8(15)16)2-6(11)12;;/h3-4H,1-2H2,(H,9,10)(H,11,12)(H,13,14)(H,15,16);;. The third kappa shape index (κ3) is 6.93. The number of rotatable bonds is 7. The average Bonchev–Trinajstić information content (AvgIpc) is 2.09. The molecule has 0 radical (unpaired) electrons. The van der Waals surface area contributed by atoms with Gasteiger partial charge >= 0.3 is 53.4 Å². The Morgan fingerprint density at radius 3 is 1.06 bits per heavy atom. The fourth-order valence-electron chi connectivity index (χ4n) is 1.18. The van der Waals surface area contributed by atoms with Gasteiger partial charge in [0.25, 0.3) is 0 Å². The number of carboxylic acids is 4. The van der Waals surface area contributed by atoms with Gasteiger partial charge in [0, 0.05) is 0 Å². The number of hydrogen-bond donors (Lipinski definition) is 4. The summed E-state index contributed by atoms with van der Waals surface area (Å²) in [5.41, 5.74) is 0. The van der Waals surface area contributed by atoms with Crippen LogP contribution in [0.2, 0.25) is 0 Å². The van der Waals surface area contributed by atoms with Crippen molar-refractivity contribution in [2.24, 2.45) is 11.8 Å². The second kappa shape index (κ2) is 8.04. The topological polar surface area (TPSA) is 149 Å². The van der Waals surface area contributed by atoms with Gasteiger partial charge in [-0.2, -0.15) is 0 Å². The Hall–Kier alpha value is -1.12. The summed E-state index contributed by atoms with van der Waals surface area (Å²) in [6.45, 7) is 0. The predicted octanol–water partition coefficient (Wildman–Crippen LogP) is -1.31. The molecule has 8 nitrogen and oxygen atoms in total. The molecule has 0 amide bonds. The maximum atomic E-state index is 10.6. The Morgan fingerprint density at radius 1 is 0.706 bits per heavy atom. The zero-order valence-corrected chi connectivity index (χ0v) is 7.99. The molecule has 17 heavy (non-hydrogen) atoms. The van der Waals surface area contributed by atoms with E-state index in [2.05, 4.69) is 0 Å². The van der Waals surface area contributed by atoms with Crippen LogP contribution in [0.3, 0.4) is 0 Å². The van der Waals surface area contributed by atoms with Gasteiger partial charge in [-0.3, -0.25) is 19.2 Å². The van der Waals surface area contributed by atoms with Crippen molar-refractivity contribution in [3.63, 3.8) is 0 Å². The first-order chi connectivity index (χ1) is 7.25. The van der Waals surface area contributed by atoms with E-state index in [1.54, 1.807) is 0 Å². The second-order valence-electron chi connectivity index (χ2n) is 3.09. The minimum absolute atomic E-state index is 0. The van der Waals surface area contributed by atoms with E-state index < -0.39 is 48.6 Å². The van der Waals surface area contributed by atoms with Gasteiger partial charge < -0.3 is 20.4 Å². The summed E-state index contributed by atoms with van der Waals surface area (Å²) >= 11 is 0. The van der Waals surface area contributed by atoms with Crippen molar-refractivity contribution in [1.82, 2.24) is 0 Å². The van der Waals surface area contributed by atoms with E-state index >= 15 is 0 Å². The SMILES string of the molecule is O=C(O)CC(C(=O)O)C(CC(=O)O)C(=O)O.[NaH]. The van der Waals surface area contributed by atoms with Crippen molar-refractivity contribution in [1.29, 1.82) is 0 Å². The third-order valence-corrected chi connectivity index (χ3v) is 1.91. The molecule has 2 atom stereocenters. The molecule has 0 aromatic heterocycles. The van der Waals surface area contributed by atoms with Gasteiger partial charge in [0.15, 0.2) is 0 Å². The molecule has 0 saturated carbocycles. The monoisotopic (exact) mass is 258 g/mol. The zero-order chi connectivity index (χ0) is 12.9. The van der Waals surface area contributed by atoms with E-state index in [1.165, 1.54) is 0 Å². The normalized spacial score (nSPS) is 12.9. The van der Waals surface area contributed by atoms with Crippen molar-refractivity contribution in [2.75, 3.05) is 0 Å². The molecule has 0 aromatic rings. The summed E-state index contributed by atoms with van der Waals surface area (Å²) in [4.78, 5) is 41.9. The summed E-state index contributed by atoms with van der Waals surface area (Å²) in [5.74, 6) is -9.79. The molecule has 0 aliphatic heterocycles. The molecule has 0 aliphatic carbocycles. The van der Waals surface area contributed by atoms with Gasteiger partial charge in [-0.1, -0.05) is 0 Å². The summed E-state index contributed by atoms with van der Waals surface area (Å²) in [7, 11) is 0. The van der Waals surface area contributed by atoms with Gasteiger partial charge in [0.2, 0.25) is 0 Å². The molecular formula is C8H11NaO8. The van der Waals surface area contributed by atoms with E-state index in [0.717, 1.165) is 0 Å². The first-order valence-corrected chi connectivity index (χ1v) is 4.15. The second-order valence-corrected chi connectivity index (χ2v) is 3.09. The molecule has 0 saturated heterocycles. The Morgan fingerprint density at radius 2 is 0.941 bits per heavy atom. The quantitative estimate of drug-likeness (QED) is 0.411. The Balaban J connectivity index is 0. The molecule has 9 heteroatoms. The van der Waals surface area contributed by atoms with E-state index in [9.17, 15) is 19.2 Å². The number of aliphatic carboxylic acids is 4. The van der Waals surface area contributed by atoms with Crippen LogP contribution in [0.5, 0.6) is 0 Å². The van der Waals surface area contributed by atoms with Crippen molar-refractivity contribution < 1.29 is 39.6 Å². The van der Waals surface area contributed by atoms with E-state index in [-0.39, 0.29) is 29.6 Å². The predicted molar refractivity (Wildman–Crippen MR) is 53.9 cm³/mol. The average molecular weight is 258 g/mol. The van der Waals surface area contributed by atoms with E-state index in [1.807, 2.05) is 0 Å². The molecule has 2 unspecified atom stereocenters. The van der Waals surface area contributed by atoms with Crippen molar-refractivity contribution >= 4 is 53.4 Å². The first kappa shape index (κ1) is 18.3. The van der Waals surface area contributed by atoms with Gasteiger partial charge in [0.1, 0.15) is 0 Å². The van der Waals surface area contributed by atoms with Crippen LogP contribution >= 0.6 is 0 Å². The maximum absolute atomic E-state index is 10.6. The zero-order valence-electron chi connectivity index (χ0n) is 7.99. The Kier molecular flexibility index (Phi) is 8.63. The summed E-state index contributed by atoms with van der Waals surface area (Å²) in [5, 5.41) is 34.1. The van der Waals surface area contributed by atoms with E-state index in [4.69, 9.17) is 20.4 Å². The summed E-state index contributed by atoms with van der Waals surface area (Å²) in [6, 6.07) is 0. The van der Waals surface area contributed by atoms with Crippen LogP contribution in [0, 0.1) is 11.8 Å². The molecule has 0 spiro atoms. The first-order valence-electron chi connectivity index (χ1n) is 4.15. The van der Waals surface area contributed by atoms with Crippen molar-refractivity contribution in [3.05, 3.63) is 0 Å². The van der Waals surface area contributed by atoms with Crippen molar-refractivity contribution in [2.45, 2.75) is 12.8 Å². The third-order valence-electron chi connectivity index (χ3n) is 1.91. The van der Waals surface area contributed by atoms with Crippen LogP contribution < -0.4 is 0 Å². The van der Waals surface area contributed by atoms with Crippen LogP contribution in [-0.2, 0) is 19.2 Å². The summed E-state index contributed by atoms with van der Waals surface area (Å²) < 4.78 is 0. The fourth-order valence-corrected chi connectivity index (χ4v) is 1.18. The molecule has 0 aliphatic rings. The molecule has 92 valence electrons. The van der Waals surface area contributed by atoms with Gasteiger partial charge in [-0.05, 0) is 0 Å². The van der Waals surface area contributed by atoms with Gasteiger partial charge in [0.05, 0.1) is 24.7 Å². The Labute approximate surface area is 118 Å². The molecule has 0 fully saturated rings. The van der Waals surface area contributed by atoms with Crippen LogP contribution in [0.1, 0.15) is 12.8 Å². The van der Waals surface area contributed by atoms with Crippen LogP contribution in [0.25, 0.3) is 0 Å². The number of hydrogen-bond acceptors (Lipinski definition) is 4. The molecule has 0 heterocycles. The van der Waals surface area contributed by atoms with Crippen LogP contribution in [0.15, 0.2) is 0 Å². The molecule has 0 rings (SSSR count). The minimum atomic E-state index is -1.76. The van der Waals surface area contributed by atoms with Gasteiger partial charge in [-0.25, -0.2) is 0 Å². The van der Waals surface area contributed by atoms with Crippen LogP contribution in [0.4, 0.5) is 0 Å². The van der Waals surface area contributed by atoms with Crippen LogP contribution in [-0.4, -0.2) is 73.9 Å². The molecule has 0 bridgehead atoms. The fraction of sp³-hybridized carbons (Fsp3) is 0.500. The molecule has 4 N–H and O–H groups in total. The number of carbonyl (C=O) groups is 4. The van der Waals surface area contributed by atoms with E-state index in [0.29, 0.717) is 0 Å². The summed E-state index contributed by atoms with van der Waals surface area (Å²) in [6.07, 6.45) is -1.86. The van der Waals surface area contributed by atoms with Crippen molar-refractivity contribution in [3.8, 4) is 0 Å².